The van der Waals surface area contributed by atoms with Gasteiger partial charge in [-0.05, 0) is 43.2 Å². The van der Waals surface area contributed by atoms with Gasteiger partial charge in [0.15, 0.2) is 0 Å². The summed E-state index contributed by atoms with van der Waals surface area (Å²) in [6, 6.07) is 10.5. The fourth-order valence-electron chi connectivity index (χ4n) is 4.03. The van der Waals surface area contributed by atoms with Gasteiger partial charge in [-0.25, -0.2) is 0 Å². The summed E-state index contributed by atoms with van der Waals surface area (Å²) in [6.45, 7) is 3.19. The van der Waals surface area contributed by atoms with Crippen LogP contribution in [0.5, 0.6) is 0 Å². The summed E-state index contributed by atoms with van der Waals surface area (Å²) in [5.74, 6) is 1.48. The van der Waals surface area contributed by atoms with Gasteiger partial charge in [-0.2, -0.15) is 0 Å². The standard InChI is InChI=1S/C18H26N2O/c1-2-7-16(13-8-4-3-5-9-13)20-18(21)17-15-11-6-10-14(15)12-19-17/h3-5,8-9,14-17,19H,2,6-7,10-12H2,1H3,(H,20,21). The summed E-state index contributed by atoms with van der Waals surface area (Å²) in [5.41, 5.74) is 1.22. The molecule has 1 aromatic rings. The molecule has 1 amide bonds. The van der Waals surface area contributed by atoms with E-state index < -0.39 is 0 Å². The summed E-state index contributed by atoms with van der Waals surface area (Å²) in [7, 11) is 0. The molecule has 1 aliphatic heterocycles. The van der Waals surface area contributed by atoms with Crippen molar-refractivity contribution in [1.29, 1.82) is 0 Å². The van der Waals surface area contributed by atoms with Gasteiger partial charge in [0.2, 0.25) is 5.91 Å². The van der Waals surface area contributed by atoms with E-state index in [1.54, 1.807) is 0 Å². The van der Waals surface area contributed by atoms with Crippen LogP contribution in [0.1, 0.15) is 50.6 Å². The first-order valence-corrected chi connectivity index (χ1v) is 8.38. The Kier molecular flexibility index (Phi) is 4.59. The number of rotatable bonds is 5. The minimum absolute atomic E-state index is 0.0283. The van der Waals surface area contributed by atoms with Crippen molar-refractivity contribution in [2.45, 2.75) is 51.1 Å². The monoisotopic (exact) mass is 286 g/mol. The molecule has 1 aromatic carbocycles. The number of benzene rings is 1. The number of hydrogen-bond acceptors (Lipinski definition) is 2. The van der Waals surface area contributed by atoms with Gasteiger partial charge in [0, 0.05) is 0 Å². The van der Waals surface area contributed by atoms with E-state index in [1.165, 1.54) is 24.8 Å². The third-order valence-electron chi connectivity index (χ3n) is 5.12. The first kappa shape index (κ1) is 14.6. The van der Waals surface area contributed by atoms with Gasteiger partial charge in [0.25, 0.3) is 0 Å². The fraction of sp³-hybridized carbons (Fsp3) is 0.611. The van der Waals surface area contributed by atoms with Gasteiger partial charge >= 0.3 is 0 Å². The number of hydrogen-bond donors (Lipinski definition) is 2. The number of carbonyl (C=O) groups is 1. The predicted octanol–water partition coefficient (Wildman–Crippen LogP) is 3.03. The molecule has 3 heteroatoms. The van der Waals surface area contributed by atoms with Crippen molar-refractivity contribution in [2.75, 3.05) is 6.54 Å². The highest BCUT2D eigenvalue weighted by atomic mass is 16.2. The third-order valence-corrected chi connectivity index (χ3v) is 5.12. The highest BCUT2D eigenvalue weighted by Gasteiger charge is 2.42. The van der Waals surface area contributed by atoms with Crippen molar-refractivity contribution >= 4 is 5.91 Å². The SMILES string of the molecule is CCCC(NC(=O)C1NCC2CCCC21)c1ccccc1. The zero-order chi connectivity index (χ0) is 14.7. The zero-order valence-electron chi connectivity index (χ0n) is 12.8. The van der Waals surface area contributed by atoms with Crippen LogP contribution in [0, 0.1) is 11.8 Å². The van der Waals surface area contributed by atoms with Crippen LogP contribution in [0.15, 0.2) is 30.3 Å². The smallest absolute Gasteiger partial charge is 0.237 e. The van der Waals surface area contributed by atoms with Crippen molar-refractivity contribution in [1.82, 2.24) is 10.6 Å². The molecule has 0 spiro atoms. The van der Waals surface area contributed by atoms with Gasteiger partial charge in [-0.3, -0.25) is 4.79 Å². The lowest BCUT2D eigenvalue weighted by Gasteiger charge is -2.23. The Hall–Kier alpha value is -1.35. The number of fused-ring (bicyclic) bond motifs is 1. The molecule has 2 fully saturated rings. The normalized spacial score (nSPS) is 29.1. The van der Waals surface area contributed by atoms with E-state index in [-0.39, 0.29) is 18.0 Å². The van der Waals surface area contributed by atoms with Crippen molar-refractivity contribution in [3.8, 4) is 0 Å². The Labute approximate surface area is 127 Å². The molecular weight excluding hydrogens is 260 g/mol. The van der Waals surface area contributed by atoms with Crippen molar-refractivity contribution in [3.63, 3.8) is 0 Å². The molecule has 4 unspecified atom stereocenters. The van der Waals surface area contributed by atoms with Gasteiger partial charge in [-0.15, -0.1) is 0 Å². The summed E-state index contributed by atoms with van der Waals surface area (Å²) in [5, 5.41) is 6.73. The molecule has 0 radical (unpaired) electrons. The maximum atomic E-state index is 12.7. The molecule has 0 aromatic heterocycles. The van der Waals surface area contributed by atoms with Gasteiger partial charge in [0.1, 0.15) is 0 Å². The van der Waals surface area contributed by atoms with Crippen LogP contribution in [-0.2, 0) is 4.79 Å². The topological polar surface area (TPSA) is 41.1 Å². The van der Waals surface area contributed by atoms with E-state index in [0.717, 1.165) is 25.3 Å². The van der Waals surface area contributed by atoms with Crippen molar-refractivity contribution in [3.05, 3.63) is 35.9 Å². The Morgan fingerprint density at radius 2 is 2.14 bits per heavy atom. The highest BCUT2D eigenvalue weighted by Crippen LogP contribution is 2.38. The minimum atomic E-state index is 0.0283. The van der Waals surface area contributed by atoms with Gasteiger partial charge in [0.05, 0.1) is 12.1 Å². The lowest BCUT2D eigenvalue weighted by molar-refractivity contribution is -0.124. The molecule has 2 N–H and O–H groups in total. The van der Waals surface area contributed by atoms with Crippen LogP contribution in [-0.4, -0.2) is 18.5 Å². The second kappa shape index (κ2) is 6.61. The average Bonchev–Trinajstić information content (AvgIpc) is 3.10. The first-order valence-electron chi connectivity index (χ1n) is 8.38. The molecule has 1 heterocycles. The maximum absolute atomic E-state index is 12.7. The van der Waals surface area contributed by atoms with Crippen LogP contribution in [0.2, 0.25) is 0 Å². The summed E-state index contributed by atoms with van der Waals surface area (Å²) < 4.78 is 0. The zero-order valence-corrected chi connectivity index (χ0v) is 12.8. The summed E-state index contributed by atoms with van der Waals surface area (Å²) >= 11 is 0. The second-order valence-corrected chi connectivity index (χ2v) is 6.50. The minimum Gasteiger partial charge on any atom is -0.348 e. The van der Waals surface area contributed by atoms with E-state index in [2.05, 4.69) is 29.7 Å². The van der Waals surface area contributed by atoms with E-state index in [9.17, 15) is 4.79 Å². The predicted molar refractivity (Wildman–Crippen MR) is 84.9 cm³/mol. The van der Waals surface area contributed by atoms with Gasteiger partial charge < -0.3 is 10.6 Å². The number of nitrogens with one attached hydrogen (secondary N) is 2. The molecule has 21 heavy (non-hydrogen) atoms. The molecule has 114 valence electrons. The molecule has 2 aliphatic rings. The fourth-order valence-corrected chi connectivity index (χ4v) is 4.03. The Balaban J connectivity index is 1.67. The molecular formula is C18H26N2O. The van der Waals surface area contributed by atoms with E-state index >= 15 is 0 Å². The maximum Gasteiger partial charge on any atom is 0.237 e. The largest absolute Gasteiger partial charge is 0.348 e. The molecule has 1 aliphatic carbocycles. The third kappa shape index (κ3) is 3.13. The van der Waals surface area contributed by atoms with Crippen LogP contribution in [0.25, 0.3) is 0 Å². The van der Waals surface area contributed by atoms with Crippen LogP contribution in [0.4, 0.5) is 0 Å². The molecule has 1 saturated carbocycles. The first-order chi connectivity index (χ1) is 10.3. The summed E-state index contributed by atoms with van der Waals surface area (Å²) in [6.07, 6.45) is 5.86. The average molecular weight is 286 g/mol. The van der Waals surface area contributed by atoms with Crippen LogP contribution < -0.4 is 10.6 Å². The van der Waals surface area contributed by atoms with E-state index in [4.69, 9.17) is 0 Å². The van der Waals surface area contributed by atoms with Crippen molar-refractivity contribution in [2.24, 2.45) is 11.8 Å². The Morgan fingerprint density at radius 1 is 1.33 bits per heavy atom. The lowest BCUT2D eigenvalue weighted by atomic mass is 9.93. The van der Waals surface area contributed by atoms with Crippen molar-refractivity contribution < 1.29 is 4.79 Å². The van der Waals surface area contributed by atoms with Crippen LogP contribution in [0.3, 0.4) is 0 Å². The Bertz CT molecular complexity index is 473. The van der Waals surface area contributed by atoms with E-state index in [1.807, 2.05) is 18.2 Å². The lowest BCUT2D eigenvalue weighted by Crippen LogP contribution is -2.45. The van der Waals surface area contributed by atoms with Crippen LogP contribution >= 0.6 is 0 Å². The molecule has 1 saturated heterocycles. The number of carbonyl (C=O) groups excluding carboxylic acids is 1. The number of amides is 1. The Morgan fingerprint density at radius 3 is 2.90 bits per heavy atom. The second-order valence-electron chi connectivity index (χ2n) is 6.50. The molecule has 3 rings (SSSR count). The van der Waals surface area contributed by atoms with Gasteiger partial charge in [-0.1, -0.05) is 50.1 Å². The molecule has 3 nitrogen and oxygen atoms in total. The molecule has 4 atom stereocenters. The molecule has 0 bridgehead atoms. The van der Waals surface area contributed by atoms with E-state index in [0.29, 0.717) is 5.92 Å². The quantitative estimate of drug-likeness (QED) is 0.873. The summed E-state index contributed by atoms with van der Waals surface area (Å²) in [4.78, 5) is 12.7. The highest BCUT2D eigenvalue weighted by molar-refractivity contribution is 5.83.